The van der Waals surface area contributed by atoms with Gasteiger partial charge in [-0.25, -0.2) is 0 Å². The van der Waals surface area contributed by atoms with Gasteiger partial charge in [0.2, 0.25) is 0 Å². The number of rotatable bonds is 2. The molecule has 0 atom stereocenters. The van der Waals surface area contributed by atoms with Crippen LogP contribution < -0.4 is 4.99 Å². The molecule has 91 valence electrons. The number of aliphatic imine (C=N–C) groups is 1. The molecule has 0 N–H and O–H groups in total. The van der Waals surface area contributed by atoms with Crippen molar-refractivity contribution in [2.45, 2.75) is 6.92 Å². The zero-order chi connectivity index (χ0) is 13.1. The van der Waals surface area contributed by atoms with Gasteiger partial charge in [0.05, 0.1) is 16.1 Å². The smallest absolute Gasteiger partial charge is 0.0622 e. The molecule has 0 fully saturated rings. The molecule has 19 heavy (non-hydrogen) atoms. The van der Waals surface area contributed by atoms with Crippen LogP contribution in [0.5, 0.6) is 0 Å². The normalized spacial score (nSPS) is 14.5. The fourth-order valence-electron chi connectivity index (χ4n) is 2.25. The maximum atomic E-state index is 4.72. The van der Waals surface area contributed by atoms with E-state index in [0.29, 0.717) is 0 Å². The van der Waals surface area contributed by atoms with E-state index in [0.717, 1.165) is 17.0 Å². The van der Waals surface area contributed by atoms with Crippen LogP contribution in [0.1, 0.15) is 18.1 Å². The van der Waals surface area contributed by atoms with Gasteiger partial charge in [-0.15, -0.1) is 0 Å². The van der Waals surface area contributed by atoms with Gasteiger partial charge in [0.25, 0.3) is 11.4 Å². The van der Waals surface area contributed by atoms with Crippen molar-refractivity contribution in [2.75, 3.05) is 0 Å². The lowest BCUT2D eigenvalue weighted by Gasteiger charge is -2.04. The van der Waals surface area contributed by atoms with Crippen LogP contribution in [0.4, 0.5) is 0 Å². The van der Waals surface area contributed by atoms with E-state index in [1.165, 1.54) is 11.1 Å². The molecule has 3 rings (SSSR count). The van der Waals surface area contributed by atoms with Crippen LogP contribution in [0, 0.1) is 0 Å². The highest BCUT2D eigenvalue weighted by Crippen LogP contribution is 2.21. The maximum absolute atomic E-state index is 4.72. The Hall–Kier alpha value is -2.41. The Labute approximate surface area is 113 Å². The van der Waals surface area contributed by atoms with Crippen LogP contribution in [-0.4, -0.2) is 5.71 Å². The van der Waals surface area contributed by atoms with Gasteiger partial charge in [0.15, 0.2) is 0 Å². The molecule has 1 heterocycles. The second-order valence-electron chi connectivity index (χ2n) is 4.56. The van der Waals surface area contributed by atoms with Gasteiger partial charge in [-0.3, -0.25) is 0 Å². The second-order valence-corrected chi connectivity index (χ2v) is 4.56. The van der Waals surface area contributed by atoms with Crippen molar-refractivity contribution in [1.82, 2.24) is 4.99 Å². The minimum absolute atomic E-state index is 1.03. The fraction of sp³-hybridized carbons (Fsp3) is 0.0556. The Morgan fingerprint density at radius 1 is 0.684 bits per heavy atom. The number of benzene rings is 2. The molecule has 0 bridgehead atoms. The van der Waals surface area contributed by atoms with Gasteiger partial charge < -0.3 is 0 Å². The molecule has 1 aliphatic heterocycles. The Kier molecular flexibility index (Phi) is 3.11. The number of hydrogen-bond donors (Lipinski definition) is 0. The number of hydrogen-bond acceptors (Lipinski definition) is 1. The van der Waals surface area contributed by atoms with E-state index >= 15 is 0 Å². The summed E-state index contributed by atoms with van der Waals surface area (Å²) in [5.41, 5.74) is 5.66. The zero-order valence-corrected chi connectivity index (χ0v) is 10.9. The van der Waals surface area contributed by atoms with Crippen LogP contribution in [0.15, 0.2) is 72.8 Å². The quantitative estimate of drug-likeness (QED) is 0.761. The van der Waals surface area contributed by atoms with E-state index in [-0.39, 0.29) is 0 Å². The molecule has 0 saturated carbocycles. The SMILES string of the molecule is CC1=[N+]C(c2ccccc2)=CC=C1c1ccccc1. The monoisotopic (exact) mass is 245 g/mol. The Morgan fingerprint density at radius 2 is 1.26 bits per heavy atom. The topological polar surface area (TPSA) is 14.1 Å². The third-order valence-corrected chi connectivity index (χ3v) is 3.24. The molecule has 0 amide bonds. The molecule has 1 aliphatic rings. The largest absolute Gasteiger partial charge is 0.284 e. The van der Waals surface area contributed by atoms with Crippen molar-refractivity contribution in [3.63, 3.8) is 0 Å². The van der Waals surface area contributed by atoms with Gasteiger partial charge >= 0.3 is 0 Å². The summed E-state index contributed by atoms with van der Waals surface area (Å²) in [7, 11) is 0. The molecular weight excluding hydrogens is 230 g/mol. The van der Waals surface area contributed by atoms with Gasteiger partial charge in [0.1, 0.15) is 0 Å². The van der Waals surface area contributed by atoms with E-state index in [9.17, 15) is 0 Å². The molecule has 0 unspecified atom stereocenters. The third-order valence-electron chi connectivity index (χ3n) is 3.24. The van der Waals surface area contributed by atoms with Crippen molar-refractivity contribution >= 4 is 17.0 Å². The molecule has 0 spiro atoms. The second kappa shape index (κ2) is 5.07. The molecule has 0 aliphatic carbocycles. The average molecular weight is 245 g/mol. The predicted molar refractivity (Wildman–Crippen MR) is 81.7 cm³/mol. The van der Waals surface area contributed by atoms with E-state index in [1.54, 1.807) is 0 Å². The maximum Gasteiger partial charge on any atom is 0.284 e. The lowest BCUT2D eigenvalue weighted by molar-refractivity contribution is 1.35. The van der Waals surface area contributed by atoms with E-state index in [2.05, 4.69) is 55.5 Å². The van der Waals surface area contributed by atoms with Crippen molar-refractivity contribution in [3.05, 3.63) is 83.9 Å². The van der Waals surface area contributed by atoms with E-state index in [4.69, 9.17) is 4.99 Å². The van der Waals surface area contributed by atoms with Gasteiger partial charge in [-0.1, -0.05) is 48.5 Å². The van der Waals surface area contributed by atoms with Gasteiger partial charge in [-0.05, 0) is 23.8 Å². The van der Waals surface area contributed by atoms with E-state index < -0.39 is 0 Å². The van der Waals surface area contributed by atoms with Gasteiger partial charge in [0, 0.05) is 13.0 Å². The fourth-order valence-corrected chi connectivity index (χ4v) is 2.25. The summed E-state index contributed by atoms with van der Waals surface area (Å²) >= 11 is 0. The summed E-state index contributed by atoms with van der Waals surface area (Å²) in [4.78, 5) is 4.72. The standard InChI is InChI=1S/C18H15N/c1-14-17(15-8-4-2-5-9-15)12-13-18(19-14)16-10-6-3-7-11-16/h2-13H,1H3/q+1. The molecular formula is C18H15N+. The highest BCUT2D eigenvalue weighted by atomic mass is 14.8. The van der Waals surface area contributed by atoms with Crippen LogP contribution >= 0.6 is 0 Å². The first-order valence-electron chi connectivity index (χ1n) is 6.43. The first kappa shape index (κ1) is 11.7. The third kappa shape index (κ3) is 2.41. The highest BCUT2D eigenvalue weighted by Gasteiger charge is 2.21. The molecule has 2 aromatic carbocycles. The number of nitrogens with zero attached hydrogens (tertiary/aromatic N) is 1. The van der Waals surface area contributed by atoms with Crippen molar-refractivity contribution in [3.8, 4) is 0 Å². The summed E-state index contributed by atoms with van der Waals surface area (Å²) in [6, 6.07) is 20.7. The van der Waals surface area contributed by atoms with Crippen LogP contribution in [0.3, 0.4) is 0 Å². The lowest BCUT2D eigenvalue weighted by Crippen LogP contribution is -2.09. The summed E-state index contributed by atoms with van der Waals surface area (Å²) in [5.74, 6) is 0. The molecule has 1 radical (unpaired) electrons. The summed E-state index contributed by atoms with van der Waals surface area (Å²) < 4.78 is 0. The Bertz CT molecular complexity index is 661. The lowest BCUT2D eigenvalue weighted by atomic mass is 9.98. The highest BCUT2D eigenvalue weighted by molar-refractivity contribution is 6.24. The average Bonchev–Trinajstić information content (AvgIpc) is 2.49. The minimum Gasteiger partial charge on any atom is -0.0622 e. The zero-order valence-electron chi connectivity index (χ0n) is 10.9. The summed E-state index contributed by atoms with van der Waals surface area (Å²) in [5, 5.41) is 0. The van der Waals surface area contributed by atoms with Crippen LogP contribution in [0.25, 0.3) is 11.3 Å². The molecule has 2 aromatic rings. The minimum atomic E-state index is 1.03. The van der Waals surface area contributed by atoms with Crippen LogP contribution in [-0.2, 0) is 0 Å². The van der Waals surface area contributed by atoms with E-state index in [1.807, 2.05) is 24.3 Å². The van der Waals surface area contributed by atoms with Gasteiger partial charge in [-0.2, -0.15) is 0 Å². The van der Waals surface area contributed by atoms with Crippen LogP contribution in [0.2, 0.25) is 0 Å². The van der Waals surface area contributed by atoms with Crippen molar-refractivity contribution < 1.29 is 0 Å². The predicted octanol–water partition coefficient (Wildman–Crippen LogP) is 3.92. The Balaban J connectivity index is 1.99. The molecule has 0 aromatic heterocycles. The first-order valence-corrected chi connectivity index (χ1v) is 6.43. The Morgan fingerprint density at radius 3 is 1.84 bits per heavy atom. The summed E-state index contributed by atoms with van der Waals surface area (Å²) in [6.07, 6.45) is 4.24. The van der Waals surface area contributed by atoms with Crippen molar-refractivity contribution in [2.24, 2.45) is 0 Å². The first-order chi connectivity index (χ1) is 9.34. The number of allylic oxidation sites excluding steroid dienone is 3. The molecule has 1 nitrogen and oxygen atoms in total. The van der Waals surface area contributed by atoms with Crippen molar-refractivity contribution in [1.29, 1.82) is 0 Å². The molecule has 1 heteroatoms. The molecule has 0 saturated heterocycles. The summed E-state index contributed by atoms with van der Waals surface area (Å²) in [6.45, 7) is 2.06.